The van der Waals surface area contributed by atoms with E-state index in [2.05, 4.69) is 25.5 Å². The Morgan fingerprint density at radius 1 is 1.29 bits per heavy atom. The molecule has 0 spiro atoms. The Hall–Kier alpha value is -1.65. The Morgan fingerprint density at radius 3 is 2.64 bits per heavy atom. The van der Waals surface area contributed by atoms with E-state index in [9.17, 15) is 0 Å². The molecule has 2 N–H and O–H groups in total. The van der Waals surface area contributed by atoms with E-state index in [-0.39, 0.29) is 0 Å². The van der Waals surface area contributed by atoms with Crippen LogP contribution in [0.2, 0.25) is 0 Å². The van der Waals surface area contributed by atoms with Crippen molar-refractivity contribution in [2.24, 2.45) is 0 Å². The lowest BCUT2D eigenvalue weighted by Gasteiger charge is -1.98. The molecular formula is C9H15N5. The fraction of sp³-hybridized carbons (Fsp3) is 0.444. The number of hydrogen-bond donors (Lipinski definition) is 2. The fourth-order valence-corrected chi connectivity index (χ4v) is 1.19. The van der Waals surface area contributed by atoms with Gasteiger partial charge in [-0.05, 0) is 6.92 Å². The molecule has 0 saturated heterocycles. The van der Waals surface area contributed by atoms with Crippen molar-refractivity contribution in [2.45, 2.75) is 20.8 Å². The van der Waals surface area contributed by atoms with E-state index in [1.807, 2.05) is 27.8 Å². The van der Waals surface area contributed by atoms with Crippen LogP contribution in [0.15, 0.2) is 6.33 Å². The second-order valence-corrected chi connectivity index (χ2v) is 2.52. The number of aryl methyl sites for hydroxylation is 1. The Balaban J connectivity index is 0.000000461. The van der Waals surface area contributed by atoms with Crippen molar-refractivity contribution >= 4 is 16.9 Å². The minimum atomic E-state index is 0.701. The predicted molar refractivity (Wildman–Crippen MR) is 57.3 cm³/mol. The number of aromatic amines is 1. The van der Waals surface area contributed by atoms with E-state index in [0.29, 0.717) is 5.65 Å². The third-order valence-electron chi connectivity index (χ3n) is 1.77. The maximum atomic E-state index is 4.08. The number of rotatable bonds is 1. The lowest BCUT2D eigenvalue weighted by molar-refractivity contribution is 1.05. The standard InChI is InChI=1S/C7H9N5.C2H6/c1-4-5-6(8-2)9-3-10-7(5)12-11-4;1-2/h3H,1-2H3,(H2,8,9,10,11,12);1-2H3. The lowest BCUT2D eigenvalue weighted by Crippen LogP contribution is -1.93. The summed E-state index contributed by atoms with van der Waals surface area (Å²) in [6.07, 6.45) is 1.49. The van der Waals surface area contributed by atoms with Gasteiger partial charge in [0, 0.05) is 12.7 Å². The highest BCUT2D eigenvalue weighted by atomic mass is 15.2. The highest BCUT2D eigenvalue weighted by molar-refractivity contribution is 5.88. The predicted octanol–water partition coefficient (Wildman–Crippen LogP) is 1.73. The summed E-state index contributed by atoms with van der Waals surface area (Å²) in [6.45, 7) is 5.94. The largest absolute Gasteiger partial charge is 0.372 e. The van der Waals surface area contributed by atoms with Crippen LogP contribution in [0.4, 0.5) is 5.82 Å². The molecule has 0 radical (unpaired) electrons. The number of fused-ring (bicyclic) bond motifs is 1. The maximum Gasteiger partial charge on any atom is 0.186 e. The van der Waals surface area contributed by atoms with Gasteiger partial charge in [0.15, 0.2) is 5.65 Å². The first kappa shape index (κ1) is 10.4. The summed E-state index contributed by atoms with van der Waals surface area (Å²) in [6, 6.07) is 0. The number of anilines is 1. The zero-order chi connectivity index (χ0) is 10.6. The first-order valence-electron chi connectivity index (χ1n) is 4.66. The van der Waals surface area contributed by atoms with E-state index >= 15 is 0 Å². The van der Waals surface area contributed by atoms with Gasteiger partial charge < -0.3 is 5.32 Å². The highest BCUT2D eigenvalue weighted by Gasteiger charge is 2.06. The topological polar surface area (TPSA) is 66.5 Å². The highest BCUT2D eigenvalue weighted by Crippen LogP contribution is 2.19. The molecular weight excluding hydrogens is 178 g/mol. The summed E-state index contributed by atoms with van der Waals surface area (Å²) in [4.78, 5) is 8.09. The average molecular weight is 193 g/mol. The summed E-state index contributed by atoms with van der Waals surface area (Å²) in [7, 11) is 1.83. The Morgan fingerprint density at radius 2 is 2.00 bits per heavy atom. The molecule has 0 unspecified atom stereocenters. The molecule has 0 saturated carbocycles. The molecule has 0 atom stereocenters. The first-order valence-corrected chi connectivity index (χ1v) is 4.66. The maximum absolute atomic E-state index is 4.08. The molecule has 0 bridgehead atoms. The van der Waals surface area contributed by atoms with Crippen molar-refractivity contribution in [3.8, 4) is 0 Å². The number of nitrogens with zero attached hydrogens (tertiary/aromatic N) is 3. The Bertz CT molecular complexity index is 406. The second kappa shape index (κ2) is 4.55. The summed E-state index contributed by atoms with van der Waals surface area (Å²) in [5.41, 5.74) is 1.68. The average Bonchev–Trinajstić information content (AvgIpc) is 2.64. The van der Waals surface area contributed by atoms with Crippen LogP contribution in [0.3, 0.4) is 0 Å². The molecule has 2 rings (SSSR count). The van der Waals surface area contributed by atoms with Gasteiger partial charge in [-0.1, -0.05) is 13.8 Å². The third kappa shape index (κ3) is 1.66. The van der Waals surface area contributed by atoms with Crippen LogP contribution >= 0.6 is 0 Å². The first-order chi connectivity index (χ1) is 6.83. The molecule has 5 heteroatoms. The van der Waals surface area contributed by atoms with Crippen molar-refractivity contribution < 1.29 is 0 Å². The molecule has 0 aliphatic rings. The van der Waals surface area contributed by atoms with Gasteiger partial charge in [-0.2, -0.15) is 5.10 Å². The van der Waals surface area contributed by atoms with Crippen molar-refractivity contribution in [2.75, 3.05) is 12.4 Å². The second-order valence-electron chi connectivity index (χ2n) is 2.52. The van der Waals surface area contributed by atoms with Gasteiger partial charge in [0.25, 0.3) is 0 Å². The van der Waals surface area contributed by atoms with Gasteiger partial charge in [0.05, 0.1) is 5.39 Å². The van der Waals surface area contributed by atoms with Gasteiger partial charge in [0.1, 0.15) is 12.1 Å². The summed E-state index contributed by atoms with van der Waals surface area (Å²) in [5.74, 6) is 0.811. The summed E-state index contributed by atoms with van der Waals surface area (Å²) in [5, 5.41) is 10.8. The van der Waals surface area contributed by atoms with Crippen molar-refractivity contribution in [1.29, 1.82) is 0 Å². The Kier molecular flexibility index (Phi) is 3.39. The van der Waals surface area contributed by atoms with Crippen molar-refractivity contribution in [3.63, 3.8) is 0 Å². The minimum absolute atomic E-state index is 0.701. The van der Waals surface area contributed by atoms with Gasteiger partial charge >= 0.3 is 0 Å². The van der Waals surface area contributed by atoms with Crippen LogP contribution in [-0.2, 0) is 0 Å². The molecule has 2 heterocycles. The summed E-state index contributed by atoms with van der Waals surface area (Å²) >= 11 is 0. The van der Waals surface area contributed by atoms with Crippen LogP contribution in [0.25, 0.3) is 11.0 Å². The van der Waals surface area contributed by atoms with E-state index in [1.165, 1.54) is 6.33 Å². The summed E-state index contributed by atoms with van der Waals surface area (Å²) < 4.78 is 0. The van der Waals surface area contributed by atoms with Crippen molar-refractivity contribution in [3.05, 3.63) is 12.0 Å². The zero-order valence-corrected chi connectivity index (χ0v) is 8.92. The monoisotopic (exact) mass is 193 g/mol. The van der Waals surface area contributed by atoms with E-state index < -0.39 is 0 Å². The molecule has 14 heavy (non-hydrogen) atoms. The quantitative estimate of drug-likeness (QED) is 0.723. The van der Waals surface area contributed by atoms with E-state index in [4.69, 9.17) is 0 Å². The number of H-pyrrole nitrogens is 1. The SMILES string of the molecule is CC.CNc1ncnc2n[nH]c(C)c12. The minimum Gasteiger partial charge on any atom is -0.372 e. The molecule has 5 nitrogen and oxygen atoms in total. The van der Waals surface area contributed by atoms with Gasteiger partial charge in [-0.25, -0.2) is 9.97 Å². The molecule has 0 fully saturated rings. The molecule has 76 valence electrons. The van der Waals surface area contributed by atoms with Crippen molar-refractivity contribution in [1.82, 2.24) is 20.2 Å². The third-order valence-corrected chi connectivity index (χ3v) is 1.77. The number of aromatic nitrogens is 4. The van der Waals surface area contributed by atoms with Crippen LogP contribution in [-0.4, -0.2) is 27.2 Å². The van der Waals surface area contributed by atoms with Crippen LogP contribution in [0.1, 0.15) is 19.5 Å². The van der Waals surface area contributed by atoms with E-state index in [1.54, 1.807) is 0 Å². The molecule has 0 aromatic carbocycles. The van der Waals surface area contributed by atoms with Crippen LogP contribution in [0.5, 0.6) is 0 Å². The number of nitrogens with one attached hydrogen (secondary N) is 2. The van der Waals surface area contributed by atoms with Crippen LogP contribution in [0, 0.1) is 6.92 Å². The smallest absolute Gasteiger partial charge is 0.186 e. The molecule has 2 aromatic rings. The van der Waals surface area contributed by atoms with Gasteiger partial charge in [-0.15, -0.1) is 0 Å². The fourth-order valence-electron chi connectivity index (χ4n) is 1.19. The Labute approximate surface area is 83.0 Å². The van der Waals surface area contributed by atoms with Crippen LogP contribution < -0.4 is 5.32 Å². The van der Waals surface area contributed by atoms with Gasteiger partial charge in [0.2, 0.25) is 0 Å². The van der Waals surface area contributed by atoms with Gasteiger partial charge in [-0.3, -0.25) is 5.10 Å². The molecule has 0 aliphatic carbocycles. The number of hydrogen-bond acceptors (Lipinski definition) is 4. The normalized spacial score (nSPS) is 9.43. The zero-order valence-electron chi connectivity index (χ0n) is 8.92. The van der Waals surface area contributed by atoms with E-state index in [0.717, 1.165) is 16.9 Å². The lowest BCUT2D eigenvalue weighted by atomic mass is 10.3. The molecule has 0 amide bonds. The molecule has 2 aromatic heterocycles. The molecule has 0 aliphatic heterocycles.